The highest BCUT2D eigenvalue weighted by Crippen LogP contribution is 2.17. The highest BCUT2D eigenvalue weighted by atomic mass is 16.5. The molecular weight excluding hydrogens is 294 g/mol. The number of hydrogen-bond donors (Lipinski definition) is 1. The van der Waals surface area contributed by atoms with Gasteiger partial charge in [0, 0.05) is 32.7 Å². The molecular formula is C17H25N3O3. The van der Waals surface area contributed by atoms with Gasteiger partial charge in [-0.2, -0.15) is 0 Å². The molecule has 0 radical (unpaired) electrons. The summed E-state index contributed by atoms with van der Waals surface area (Å²) >= 11 is 0. The SMILES string of the molecule is COc1ccccc1CCNC(=O)CC(=O)N1CCN(C)CC1. The summed E-state index contributed by atoms with van der Waals surface area (Å²) < 4.78 is 5.28. The van der Waals surface area contributed by atoms with Gasteiger partial charge in [-0.25, -0.2) is 0 Å². The van der Waals surface area contributed by atoms with Gasteiger partial charge < -0.3 is 19.9 Å². The van der Waals surface area contributed by atoms with Gasteiger partial charge in [-0.3, -0.25) is 9.59 Å². The lowest BCUT2D eigenvalue weighted by molar-refractivity contribution is -0.137. The molecule has 1 N–H and O–H groups in total. The quantitative estimate of drug-likeness (QED) is 0.777. The number of ether oxygens (including phenoxy) is 1. The van der Waals surface area contributed by atoms with Crippen molar-refractivity contribution < 1.29 is 14.3 Å². The van der Waals surface area contributed by atoms with Gasteiger partial charge in [0.25, 0.3) is 0 Å². The largest absolute Gasteiger partial charge is 0.496 e. The first-order valence-corrected chi connectivity index (χ1v) is 7.95. The third kappa shape index (κ3) is 5.25. The van der Waals surface area contributed by atoms with Crippen LogP contribution in [0.3, 0.4) is 0 Å². The zero-order valence-electron chi connectivity index (χ0n) is 13.9. The van der Waals surface area contributed by atoms with Crippen molar-refractivity contribution >= 4 is 11.8 Å². The number of para-hydroxylation sites is 1. The van der Waals surface area contributed by atoms with E-state index in [0.29, 0.717) is 26.1 Å². The maximum Gasteiger partial charge on any atom is 0.232 e. The minimum absolute atomic E-state index is 0.0738. The van der Waals surface area contributed by atoms with E-state index in [0.717, 1.165) is 24.4 Å². The van der Waals surface area contributed by atoms with Crippen LogP contribution in [0.15, 0.2) is 24.3 Å². The molecule has 0 spiro atoms. The van der Waals surface area contributed by atoms with Crippen LogP contribution < -0.4 is 10.1 Å². The van der Waals surface area contributed by atoms with Crippen LogP contribution in [0.4, 0.5) is 0 Å². The van der Waals surface area contributed by atoms with Gasteiger partial charge in [0.15, 0.2) is 0 Å². The zero-order chi connectivity index (χ0) is 16.7. The first-order valence-electron chi connectivity index (χ1n) is 7.95. The summed E-state index contributed by atoms with van der Waals surface area (Å²) in [4.78, 5) is 27.9. The fourth-order valence-electron chi connectivity index (χ4n) is 2.61. The number of methoxy groups -OCH3 is 1. The lowest BCUT2D eigenvalue weighted by atomic mass is 10.1. The van der Waals surface area contributed by atoms with Gasteiger partial charge in [0.2, 0.25) is 11.8 Å². The van der Waals surface area contributed by atoms with Crippen molar-refractivity contribution in [3.63, 3.8) is 0 Å². The van der Waals surface area contributed by atoms with Crippen molar-refractivity contribution in [1.29, 1.82) is 0 Å². The van der Waals surface area contributed by atoms with E-state index in [9.17, 15) is 9.59 Å². The van der Waals surface area contributed by atoms with Gasteiger partial charge >= 0.3 is 0 Å². The number of nitrogens with one attached hydrogen (secondary N) is 1. The van der Waals surface area contributed by atoms with Crippen molar-refractivity contribution in [2.45, 2.75) is 12.8 Å². The molecule has 6 heteroatoms. The Morgan fingerprint density at radius 2 is 1.87 bits per heavy atom. The van der Waals surface area contributed by atoms with Crippen LogP contribution in [0.25, 0.3) is 0 Å². The minimum atomic E-state index is -0.219. The number of amides is 2. The van der Waals surface area contributed by atoms with Crippen LogP contribution in [-0.4, -0.2) is 68.5 Å². The topological polar surface area (TPSA) is 61.9 Å². The zero-order valence-corrected chi connectivity index (χ0v) is 13.9. The first kappa shape index (κ1) is 17.3. The molecule has 1 fully saturated rings. The predicted octanol–water partition coefficient (Wildman–Crippen LogP) is 0.518. The Hall–Kier alpha value is -2.08. The van der Waals surface area contributed by atoms with Crippen LogP contribution >= 0.6 is 0 Å². The number of carbonyl (C=O) groups is 2. The van der Waals surface area contributed by atoms with Crippen LogP contribution in [0.2, 0.25) is 0 Å². The molecule has 0 unspecified atom stereocenters. The van der Waals surface area contributed by atoms with Gasteiger partial charge in [0.1, 0.15) is 12.2 Å². The van der Waals surface area contributed by atoms with Crippen molar-refractivity contribution in [3.05, 3.63) is 29.8 Å². The Kier molecular flexibility index (Phi) is 6.40. The van der Waals surface area contributed by atoms with Gasteiger partial charge in [-0.15, -0.1) is 0 Å². The Balaban J connectivity index is 1.71. The molecule has 0 aliphatic carbocycles. The first-order chi connectivity index (χ1) is 11.1. The molecule has 2 amide bonds. The standard InChI is InChI=1S/C17H25N3O3/c1-19-9-11-20(12-10-19)17(22)13-16(21)18-8-7-14-5-3-4-6-15(14)23-2/h3-6H,7-13H2,1-2H3,(H,18,21). The molecule has 0 bridgehead atoms. The molecule has 0 saturated carbocycles. The monoisotopic (exact) mass is 319 g/mol. The molecule has 1 aliphatic rings. The molecule has 23 heavy (non-hydrogen) atoms. The van der Waals surface area contributed by atoms with E-state index in [4.69, 9.17) is 4.74 Å². The summed E-state index contributed by atoms with van der Waals surface area (Å²) in [7, 11) is 3.67. The Morgan fingerprint density at radius 3 is 2.57 bits per heavy atom. The van der Waals surface area contributed by atoms with E-state index in [2.05, 4.69) is 10.2 Å². The minimum Gasteiger partial charge on any atom is -0.496 e. The predicted molar refractivity (Wildman–Crippen MR) is 88.4 cm³/mol. The normalized spacial score (nSPS) is 15.3. The van der Waals surface area contributed by atoms with Crippen molar-refractivity contribution in [1.82, 2.24) is 15.1 Å². The molecule has 2 rings (SSSR count). The molecule has 1 aromatic rings. The van der Waals surface area contributed by atoms with E-state index < -0.39 is 0 Å². The van der Waals surface area contributed by atoms with Crippen LogP contribution in [-0.2, 0) is 16.0 Å². The number of nitrogens with zero attached hydrogens (tertiary/aromatic N) is 2. The van der Waals surface area contributed by atoms with E-state index in [1.165, 1.54) is 0 Å². The Morgan fingerprint density at radius 1 is 1.17 bits per heavy atom. The lowest BCUT2D eigenvalue weighted by Gasteiger charge is -2.32. The van der Waals surface area contributed by atoms with Crippen LogP contribution in [0.5, 0.6) is 5.75 Å². The fourth-order valence-corrected chi connectivity index (χ4v) is 2.61. The summed E-state index contributed by atoms with van der Waals surface area (Å²) in [6.07, 6.45) is 0.605. The highest BCUT2D eigenvalue weighted by molar-refractivity contribution is 5.96. The lowest BCUT2D eigenvalue weighted by Crippen LogP contribution is -2.48. The van der Waals surface area contributed by atoms with Gasteiger partial charge in [-0.05, 0) is 25.1 Å². The van der Waals surface area contributed by atoms with Gasteiger partial charge in [-0.1, -0.05) is 18.2 Å². The molecule has 1 saturated heterocycles. The number of hydrogen-bond acceptors (Lipinski definition) is 4. The van der Waals surface area contributed by atoms with Crippen molar-refractivity contribution in [3.8, 4) is 5.75 Å². The number of benzene rings is 1. The number of rotatable bonds is 6. The van der Waals surface area contributed by atoms with Crippen LogP contribution in [0.1, 0.15) is 12.0 Å². The Bertz CT molecular complexity index is 540. The Labute approximate surface area is 137 Å². The average molecular weight is 319 g/mol. The number of likely N-dealkylation sites (N-methyl/N-ethyl adjacent to an activating group) is 1. The third-order valence-electron chi connectivity index (χ3n) is 4.08. The molecule has 6 nitrogen and oxygen atoms in total. The van der Waals surface area contributed by atoms with Crippen molar-refractivity contribution in [2.24, 2.45) is 0 Å². The highest BCUT2D eigenvalue weighted by Gasteiger charge is 2.20. The van der Waals surface area contributed by atoms with Crippen molar-refractivity contribution in [2.75, 3.05) is 46.9 Å². The van der Waals surface area contributed by atoms with E-state index in [1.807, 2.05) is 31.3 Å². The summed E-state index contributed by atoms with van der Waals surface area (Å²) in [5.74, 6) is 0.506. The molecule has 0 atom stereocenters. The van der Waals surface area contributed by atoms with E-state index in [-0.39, 0.29) is 18.2 Å². The second-order valence-electron chi connectivity index (χ2n) is 5.77. The summed E-state index contributed by atoms with van der Waals surface area (Å²) in [6, 6.07) is 7.72. The van der Waals surface area contributed by atoms with E-state index in [1.54, 1.807) is 12.0 Å². The molecule has 1 aliphatic heterocycles. The fraction of sp³-hybridized carbons (Fsp3) is 0.529. The average Bonchev–Trinajstić information content (AvgIpc) is 2.55. The second kappa shape index (κ2) is 8.53. The molecule has 0 aromatic heterocycles. The molecule has 1 aromatic carbocycles. The van der Waals surface area contributed by atoms with Crippen LogP contribution in [0, 0.1) is 0 Å². The maximum absolute atomic E-state index is 12.1. The summed E-state index contributed by atoms with van der Waals surface area (Å²) in [5, 5.41) is 2.81. The smallest absolute Gasteiger partial charge is 0.232 e. The molecule has 126 valence electrons. The van der Waals surface area contributed by atoms with Gasteiger partial charge in [0.05, 0.1) is 7.11 Å². The molecule has 1 heterocycles. The third-order valence-corrected chi connectivity index (χ3v) is 4.08. The maximum atomic E-state index is 12.1. The van der Waals surface area contributed by atoms with E-state index >= 15 is 0 Å². The second-order valence-corrected chi connectivity index (χ2v) is 5.77. The summed E-state index contributed by atoms with van der Waals surface area (Å²) in [5.41, 5.74) is 1.04. The number of piperazine rings is 1. The number of carbonyl (C=O) groups excluding carboxylic acids is 2. The summed E-state index contributed by atoms with van der Waals surface area (Å²) in [6.45, 7) is 3.62.